The second kappa shape index (κ2) is 18.4. The molecule has 1 aliphatic carbocycles. The number of rotatable bonds is 9. The van der Waals surface area contributed by atoms with Crippen molar-refractivity contribution in [1.82, 2.24) is 4.98 Å². The minimum atomic E-state index is -0.0119. The Labute approximate surface area is 356 Å². The van der Waals surface area contributed by atoms with Gasteiger partial charge in [0.05, 0.1) is 5.76 Å². The van der Waals surface area contributed by atoms with Crippen LogP contribution in [-0.4, -0.2) is 15.9 Å². The van der Waals surface area contributed by atoms with Crippen molar-refractivity contribution in [3.05, 3.63) is 89.3 Å². The fraction of sp³-hybridized carbons (Fsp3) is 0.529. The summed E-state index contributed by atoms with van der Waals surface area (Å²) in [6, 6.07) is 21.7. The molecule has 0 spiro atoms. The van der Waals surface area contributed by atoms with Crippen LogP contribution in [0.4, 0.5) is 0 Å². The van der Waals surface area contributed by atoms with Gasteiger partial charge in [-0.15, -0.1) is 40.5 Å². The van der Waals surface area contributed by atoms with E-state index in [0.29, 0.717) is 35.0 Å². The van der Waals surface area contributed by atoms with Gasteiger partial charge in [-0.2, -0.15) is 0 Å². The monoisotopic (exact) mass is 951 g/mol. The molecular formula is C51H68IrNO2S-. The summed E-state index contributed by atoms with van der Waals surface area (Å²) in [4.78, 5) is 17.3. The first-order chi connectivity index (χ1) is 25.7. The number of carbonyl (C=O) groups is 1. The molecule has 2 heterocycles. The van der Waals surface area contributed by atoms with Gasteiger partial charge in [-0.3, -0.25) is 9.78 Å². The third kappa shape index (κ3) is 10.0. The van der Waals surface area contributed by atoms with E-state index >= 15 is 0 Å². The maximum Gasteiger partial charge on any atom is 0.162 e. The number of nitrogens with zero attached hydrogens (tertiary/aromatic N) is 1. The number of aliphatic hydroxyl groups excluding tert-OH is 1. The van der Waals surface area contributed by atoms with Gasteiger partial charge in [0.1, 0.15) is 0 Å². The van der Waals surface area contributed by atoms with Crippen molar-refractivity contribution in [1.29, 1.82) is 0 Å². The van der Waals surface area contributed by atoms with E-state index in [1.165, 1.54) is 73.8 Å². The molecule has 5 aromatic rings. The molecule has 0 aliphatic heterocycles. The van der Waals surface area contributed by atoms with Crippen LogP contribution in [0.5, 0.6) is 0 Å². The van der Waals surface area contributed by atoms with Gasteiger partial charge in [0.15, 0.2) is 5.78 Å². The number of hydrogen-bond acceptors (Lipinski definition) is 4. The molecule has 0 saturated heterocycles. The second-order valence-corrected chi connectivity index (χ2v) is 20.6. The van der Waals surface area contributed by atoms with Crippen molar-refractivity contribution < 1.29 is 30.0 Å². The van der Waals surface area contributed by atoms with E-state index in [1.807, 2.05) is 17.5 Å². The normalized spacial score (nSPS) is 15.5. The van der Waals surface area contributed by atoms with Crippen molar-refractivity contribution in [3.8, 4) is 11.3 Å². The molecule has 0 atom stereocenters. The Morgan fingerprint density at radius 2 is 1.41 bits per heavy atom. The Morgan fingerprint density at radius 3 is 1.98 bits per heavy atom. The summed E-state index contributed by atoms with van der Waals surface area (Å²) in [5, 5.41) is 15.4. The second-order valence-electron chi connectivity index (χ2n) is 19.6. The predicted octanol–water partition coefficient (Wildman–Crippen LogP) is 15.2. The van der Waals surface area contributed by atoms with Crippen molar-refractivity contribution >= 4 is 48.1 Å². The molecule has 305 valence electrons. The fourth-order valence-corrected chi connectivity index (χ4v) is 10.8. The van der Waals surface area contributed by atoms with E-state index in [4.69, 9.17) is 4.98 Å². The van der Waals surface area contributed by atoms with Gasteiger partial charge in [0.2, 0.25) is 0 Å². The molecule has 1 N–H and O–H groups in total. The van der Waals surface area contributed by atoms with Gasteiger partial charge in [-0.25, -0.2) is 0 Å². The van der Waals surface area contributed by atoms with E-state index in [1.54, 1.807) is 5.56 Å². The summed E-state index contributed by atoms with van der Waals surface area (Å²) in [5.74, 6) is 2.32. The van der Waals surface area contributed by atoms with Crippen molar-refractivity contribution in [2.75, 3.05) is 0 Å². The van der Waals surface area contributed by atoms with Gasteiger partial charge in [-0.05, 0) is 95.6 Å². The number of aliphatic hydroxyl groups is 1. The van der Waals surface area contributed by atoms with Crippen LogP contribution in [-0.2, 0) is 30.3 Å². The molecule has 1 fully saturated rings. The topological polar surface area (TPSA) is 50.2 Å². The Morgan fingerprint density at radius 1 is 0.839 bits per heavy atom. The molecule has 6 rings (SSSR count). The first-order valence-corrected chi connectivity index (χ1v) is 21.7. The van der Waals surface area contributed by atoms with E-state index < -0.39 is 0 Å². The third-order valence-corrected chi connectivity index (χ3v) is 13.6. The standard InChI is InChI=1S/C34H36NS.C17H32O2.Ir/c1-21-25(22-13-16-34(5,6)17-14-22)11-12-27-28-15-18-35-30(32(28)36-31(21)27)24-19-23-9-7-8-10-26(23)29(20-24)33(2,3)4;1-10(2)16(11(3)4)14(18)9-15(19)17(12(5)6)13(7)8;/h7-12,15,18,20,22H,13-14,16-17H2,1-6H3;9-13,16-18H,1-8H3;/q-1;;/b;14-9-;. The van der Waals surface area contributed by atoms with Crippen molar-refractivity contribution in [2.45, 2.75) is 134 Å². The van der Waals surface area contributed by atoms with Crippen molar-refractivity contribution in [3.63, 3.8) is 0 Å². The quantitative estimate of drug-likeness (QED) is 0.0910. The molecule has 3 aromatic carbocycles. The molecule has 0 amide bonds. The molecule has 0 bridgehead atoms. The van der Waals surface area contributed by atoms with E-state index in [2.05, 4.69) is 152 Å². The predicted molar refractivity (Wildman–Crippen MR) is 239 cm³/mol. The Bertz CT molecular complexity index is 2140. The van der Waals surface area contributed by atoms with E-state index in [0.717, 1.165) is 11.3 Å². The maximum atomic E-state index is 12.3. The number of aryl methyl sites for hydroxylation is 1. The fourth-order valence-electron chi connectivity index (χ4n) is 9.46. The first kappa shape index (κ1) is 45.8. The van der Waals surface area contributed by atoms with Crippen LogP contribution in [0, 0.1) is 53.9 Å². The Kier molecular flexibility index (Phi) is 15.1. The summed E-state index contributed by atoms with van der Waals surface area (Å²) in [6.45, 7) is 30.7. The zero-order valence-corrected chi connectivity index (χ0v) is 39.9. The zero-order valence-electron chi connectivity index (χ0n) is 36.7. The van der Waals surface area contributed by atoms with Crippen LogP contribution < -0.4 is 0 Å². The van der Waals surface area contributed by atoms with Gasteiger partial charge in [0, 0.05) is 64.7 Å². The summed E-state index contributed by atoms with van der Waals surface area (Å²) in [5.41, 5.74) is 7.08. The minimum Gasteiger partial charge on any atom is -0.512 e. The van der Waals surface area contributed by atoms with Crippen LogP contribution in [0.3, 0.4) is 0 Å². The molecule has 1 aliphatic rings. The zero-order chi connectivity index (χ0) is 40.6. The number of ketones is 1. The largest absolute Gasteiger partial charge is 0.512 e. The minimum absolute atomic E-state index is 0. The van der Waals surface area contributed by atoms with Gasteiger partial charge in [-0.1, -0.05) is 131 Å². The molecule has 5 heteroatoms. The third-order valence-electron chi connectivity index (χ3n) is 12.3. The number of benzene rings is 3. The molecule has 1 saturated carbocycles. The number of pyridine rings is 1. The van der Waals surface area contributed by atoms with Gasteiger partial charge < -0.3 is 5.11 Å². The van der Waals surface area contributed by atoms with Crippen LogP contribution in [0.2, 0.25) is 0 Å². The number of carbonyl (C=O) groups excluding carboxylic acids is 1. The number of hydrogen-bond donors (Lipinski definition) is 1. The molecular weight excluding hydrogens is 883 g/mol. The van der Waals surface area contributed by atoms with Crippen molar-refractivity contribution in [2.24, 2.45) is 40.9 Å². The average Bonchev–Trinajstić information content (AvgIpc) is 3.47. The van der Waals surface area contributed by atoms with Gasteiger partial charge in [0.25, 0.3) is 0 Å². The SMILES string of the molecule is CC(C)C(C(=O)/C=C(\O)C(C(C)C)C(C)C)C(C)C.Cc1c(C2CCC(C)(C)CC2)ccc2c1sc1c(-c3[c-]c4ccccc4c(C(C)(C)C)c3)nccc12.[Ir]. The number of aromatic nitrogens is 1. The summed E-state index contributed by atoms with van der Waals surface area (Å²) < 4.78 is 2.71. The summed E-state index contributed by atoms with van der Waals surface area (Å²) in [6.07, 6.45) is 8.72. The number of allylic oxidation sites excluding steroid dienone is 2. The average molecular weight is 951 g/mol. The molecule has 1 radical (unpaired) electrons. The summed E-state index contributed by atoms with van der Waals surface area (Å²) in [7, 11) is 0. The summed E-state index contributed by atoms with van der Waals surface area (Å²) >= 11 is 1.92. The van der Waals surface area contributed by atoms with E-state index in [9.17, 15) is 9.90 Å². The molecule has 3 nitrogen and oxygen atoms in total. The molecule has 56 heavy (non-hydrogen) atoms. The van der Waals surface area contributed by atoms with Crippen LogP contribution in [0.25, 0.3) is 42.2 Å². The maximum absolute atomic E-state index is 12.3. The molecule has 0 unspecified atom stereocenters. The Hall–Kier alpha value is -2.85. The first-order valence-electron chi connectivity index (χ1n) is 20.9. The number of thiophene rings is 1. The smallest absolute Gasteiger partial charge is 0.162 e. The van der Waals surface area contributed by atoms with Crippen LogP contribution in [0.15, 0.2) is 66.6 Å². The van der Waals surface area contributed by atoms with Gasteiger partial charge >= 0.3 is 0 Å². The Balaban J connectivity index is 0.000000299. The molecule has 2 aromatic heterocycles. The van der Waals surface area contributed by atoms with Crippen LogP contribution in [0.1, 0.15) is 138 Å². The van der Waals surface area contributed by atoms with Crippen LogP contribution >= 0.6 is 11.3 Å². The van der Waals surface area contributed by atoms with E-state index in [-0.39, 0.29) is 48.9 Å². The number of fused-ring (bicyclic) bond motifs is 4.